The highest BCUT2D eigenvalue weighted by molar-refractivity contribution is 6.42. The van der Waals surface area contributed by atoms with Gasteiger partial charge in [-0.2, -0.15) is 0 Å². The van der Waals surface area contributed by atoms with E-state index in [9.17, 15) is 9.59 Å². The Kier molecular flexibility index (Phi) is 11.8. The molecular formula is C40H48Cl2N4O4. The summed E-state index contributed by atoms with van der Waals surface area (Å²) in [4.78, 5) is 36.8. The molecule has 2 fully saturated rings. The molecule has 2 saturated heterocycles. The Morgan fingerprint density at radius 1 is 0.960 bits per heavy atom. The molecule has 0 radical (unpaired) electrons. The normalized spacial score (nSPS) is 18.7. The summed E-state index contributed by atoms with van der Waals surface area (Å²) in [5.41, 5.74) is 3.63. The summed E-state index contributed by atoms with van der Waals surface area (Å²) in [6.45, 7) is 11.6. The SMILES string of the molecule is CCOCCn1c(C(=O)C2CCN(CCC3(c4ccc(Cl)c(Cl)c4)CCN(C(=O)Cc4cccc(OC(C)C)c4)C3)CC2)nc2ccccc21. The highest BCUT2D eigenvalue weighted by Crippen LogP contribution is 2.41. The van der Waals surface area contributed by atoms with Gasteiger partial charge in [0.25, 0.3) is 0 Å². The molecule has 1 atom stereocenters. The summed E-state index contributed by atoms with van der Waals surface area (Å²) in [7, 11) is 0. The predicted molar refractivity (Wildman–Crippen MR) is 200 cm³/mol. The fourth-order valence-electron chi connectivity index (χ4n) is 7.55. The van der Waals surface area contributed by atoms with Crippen LogP contribution in [0.5, 0.6) is 5.75 Å². The molecule has 0 N–H and O–H groups in total. The number of benzene rings is 3. The lowest BCUT2D eigenvalue weighted by atomic mass is 9.76. The van der Waals surface area contributed by atoms with Crippen LogP contribution in [0.1, 0.15) is 68.2 Å². The van der Waals surface area contributed by atoms with Gasteiger partial charge < -0.3 is 23.8 Å². The Morgan fingerprint density at radius 3 is 2.52 bits per heavy atom. The summed E-state index contributed by atoms with van der Waals surface area (Å²) in [5, 5.41) is 1.06. The lowest BCUT2D eigenvalue weighted by Crippen LogP contribution is -2.41. The van der Waals surface area contributed by atoms with Crippen LogP contribution in [0, 0.1) is 5.92 Å². The number of hydrogen-bond acceptors (Lipinski definition) is 6. The fourth-order valence-corrected chi connectivity index (χ4v) is 7.84. The van der Waals surface area contributed by atoms with Crippen molar-refractivity contribution in [3.63, 3.8) is 0 Å². The van der Waals surface area contributed by atoms with Gasteiger partial charge in [0.1, 0.15) is 5.75 Å². The van der Waals surface area contributed by atoms with Crippen molar-refractivity contribution in [3.8, 4) is 5.75 Å². The van der Waals surface area contributed by atoms with Crippen LogP contribution in [0.15, 0.2) is 66.7 Å². The minimum absolute atomic E-state index is 0.0676. The molecule has 2 aliphatic heterocycles. The standard InChI is InChI=1S/C40H48Cl2N4O4/c1-4-49-23-22-46-36-11-6-5-10-35(36)43-39(46)38(48)30-14-18-44(19-15-30)20-16-40(31-12-13-33(41)34(42)26-31)17-21-45(27-40)37(47)25-29-8-7-9-32(24-29)50-28(2)3/h5-13,24,26,28,30H,4,14-23,25,27H2,1-3H3. The minimum Gasteiger partial charge on any atom is -0.491 e. The van der Waals surface area contributed by atoms with Gasteiger partial charge in [0.2, 0.25) is 11.7 Å². The number of hydrogen-bond donors (Lipinski definition) is 0. The third kappa shape index (κ3) is 8.37. The number of amides is 1. The van der Waals surface area contributed by atoms with Gasteiger partial charge in [-0.3, -0.25) is 9.59 Å². The Labute approximate surface area is 305 Å². The van der Waals surface area contributed by atoms with E-state index in [4.69, 9.17) is 37.7 Å². The van der Waals surface area contributed by atoms with Crippen LogP contribution in [-0.4, -0.2) is 83.1 Å². The van der Waals surface area contributed by atoms with Gasteiger partial charge in [-0.25, -0.2) is 4.98 Å². The molecule has 1 amide bonds. The lowest BCUT2D eigenvalue weighted by Gasteiger charge is -2.36. The number of para-hydroxylation sites is 2. The average Bonchev–Trinajstić information content (AvgIpc) is 3.72. The number of nitrogens with zero attached hydrogens (tertiary/aromatic N) is 4. The zero-order valence-electron chi connectivity index (χ0n) is 29.4. The van der Waals surface area contributed by atoms with E-state index < -0.39 is 0 Å². The van der Waals surface area contributed by atoms with E-state index in [0.29, 0.717) is 55.1 Å². The number of likely N-dealkylation sites (tertiary alicyclic amines) is 2. The van der Waals surface area contributed by atoms with E-state index >= 15 is 0 Å². The van der Waals surface area contributed by atoms with Crippen molar-refractivity contribution in [3.05, 3.63) is 93.7 Å². The van der Waals surface area contributed by atoms with Crippen LogP contribution in [0.2, 0.25) is 10.0 Å². The Hall–Kier alpha value is -3.43. The fraction of sp³-hybridized carbons (Fsp3) is 0.475. The number of rotatable bonds is 14. The summed E-state index contributed by atoms with van der Waals surface area (Å²) in [5.74, 6) is 1.48. The van der Waals surface area contributed by atoms with Crippen molar-refractivity contribution in [2.24, 2.45) is 5.92 Å². The van der Waals surface area contributed by atoms with Crippen LogP contribution in [0.4, 0.5) is 0 Å². The predicted octanol–water partition coefficient (Wildman–Crippen LogP) is 7.86. The number of ether oxygens (including phenoxy) is 2. The van der Waals surface area contributed by atoms with E-state index in [-0.39, 0.29) is 29.1 Å². The molecule has 0 saturated carbocycles. The third-order valence-electron chi connectivity index (χ3n) is 10.3. The Bertz CT molecular complexity index is 1800. The molecule has 1 unspecified atom stereocenters. The van der Waals surface area contributed by atoms with Gasteiger partial charge in [0.15, 0.2) is 5.82 Å². The molecule has 266 valence electrons. The first-order valence-electron chi connectivity index (χ1n) is 17.9. The number of piperidine rings is 1. The molecule has 50 heavy (non-hydrogen) atoms. The Balaban J connectivity index is 1.11. The topological polar surface area (TPSA) is 76.9 Å². The number of fused-ring (bicyclic) bond motifs is 1. The lowest BCUT2D eigenvalue weighted by molar-refractivity contribution is -0.129. The second-order valence-corrected chi connectivity index (χ2v) is 14.8. The summed E-state index contributed by atoms with van der Waals surface area (Å²) < 4.78 is 13.5. The van der Waals surface area contributed by atoms with E-state index in [0.717, 1.165) is 73.2 Å². The molecule has 6 rings (SSSR count). The van der Waals surface area contributed by atoms with Crippen LogP contribution in [0.25, 0.3) is 11.0 Å². The average molecular weight is 720 g/mol. The van der Waals surface area contributed by atoms with Crippen molar-refractivity contribution in [1.82, 2.24) is 19.4 Å². The smallest absolute Gasteiger partial charge is 0.227 e. The number of ketones is 1. The van der Waals surface area contributed by atoms with Gasteiger partial charge in [0.05, 0.1) is 40.2 Å². The molecule has 3 heterocycles. The molecule has 0 bridgehead atoms. The first kappa shape index (κ1) is 36.4. The largest absolute Gasteiger partial charge is 0.491 e. The van der Waals surface area contributed by atoms with Gasteiger partial charge in [0, 0.05) is 37.6 Å². The molecule has 8 nitrogen and oxygen atoms in total. The minimum atomic E-state index is -0.245. The maximum absolute atomic E-state index is 13.9. The van der Waals surface area contributed by atoms with Crippen molar-refractivity contribution < 1.29 is 19.1 Å². The van der Waals surface area contributed by atoms with Crippen molar-refractivity contribution in [2.75, 3.05) is 45.9 Å². The molecular weight excluding hydrogens is 671 g/mol. The first-order chi connectivity index (χ1) is 24.2. The number of halogens is 2. The van der Waals surface area contributed by atoms with Crippen LogP contribution < -0.4 is 4.74 Å². The highest BCUT2D eigenvalue weighted by Gasteiger charge is 2.42. The summed E-state index contributed by atoms with van der Waals surface area (Å²) in [6, 6.07) is 21.7. The molecule has 4 aromatic rings. The maximum atomic E-state index is 13.9. The summed E-state index contributed by atoms with van der Waals surface area (Å²) in [6.07, 6.45) is 3.69. The monoisotopic (exact) mass is 718 g/mol. The number of carbonyl (C=O) groups excluding carboxylic acids is 2. The number of Topliss-reactive ketones (excluding diaryl/α,β-unsaturated/α-hetero) is 1. The second kappa shape index (κ2) is 16.3. The van der Waals surface area contributed by atoms with E-state index in [2.05, 4.69) is 11.0 Å². The van der Waals surface area contributed by atoms with Gasteiger partial charge in [-0.05, 0) is 114 Å². The van der Waals surface area contributed by atoms with Crippen LogP contribution in [0.3, 0.4) is 0 Å². The number of aromatic nitrogens is 2. The molecule has 10 heteroatoms. The maximum Gasteiger partial charge on any atom is 0.227 e. The molecule has 2 aliphatic rings. The first-order valence-corrected chi connectivity index (χ1v) is 18.7. The van der Waals surface area contributed by atoms with Gasteiger partial charge in [-0.1, -0.05) is 53.5 Å². The van der Waals surface area contributed by atoms with Crippen molar-refractivity contribution in [2.45, 2.75) is 70.9 Å². The molecule has 0 aliphatic carbocycles. The summed E-state index contributed by atoms with van der Waals surface area (Å²) >= 11 is 12.9. The van der Waals surface area contributed by atoms with Crippen molar-refractivity contribution >= 4 is 45.9 Å². The zero-order valence-corrected chi connectivity index (χ0v) is 30.9. The zero-order chi connectivity index (χ0) is 35.3. The number of imidazole rings is 1. The quantitative estimate of drug-likeness (QED) is 0.0976. The highest BCUT2D eigenvalue weighted by atomic mass is 35.5. The van der Waals surface area contributed by atoms with E-state index in [1.807, 2.05) is 90.9 Å². The molecule has 0 spiro atoms. The molecule has 1 aromatic heterocycles. The van der Waals surface area contributed by atoms with Crippen molar-refractivity contribution in [1.29, 1.82) is 0 Å². The third-order valence-corrected chi connectivity index (χ3v) is 11.0. The van der Waals surface area contributed by atoms with E-state index in [1.165, 1.54) is 0 Å². The van der Waals surface area contributed by atoms with Crippen LogP contribution in [-0.2, 0) is 27.9 Å². The van der Waals surface area contributed by atoms with Gasteiger partial charge in [-0.15, -0.1) is 0 Å². The Morgan fingerprint density at radius 2 is 1.76 bits per heavy atom. The van der Waals surface area contributed by atoms with Gasteiger partial charge >= 0.3 is 0 Å². The van der Waals surface area contributed by atoms with Crippen LogP contribution >= 0.6 is 23.2 Å². The second-order valence-electron chi connectivity index (χ2n) is 14.0. The van der Waals surface area contributed by atoms with E-state index in [1.54, 1.807) is 0 Å². The number of carbonyl (C=O) groups is 2. The molecule has 3 aromatic carbocycles.